The molecule has 1 amide bonds. The molecule has 0 aromatic heterocycles. The molecule has 0 fully saturated rings. The molecule has 0 saturated heterocycles. The summed E-state index contributed by atoms with van der Waals surface area (Å²) in [5.74, 6) is -0.117. The van der Waals surface area contributed by atoms with E-state index in [-0.39, 0.29) is 12.5 Å². The molecule has 2 aromatic rings. The first-order chi connectivity index (χ1) is 9.97. The van der Waals surface area contributed by atoms with E-state index in [0.29, 0.717) is 5.02 Å². The fourth-order valence-electron chi connectivity index (χ4n) is 1.88. The van der Waals surface area contributed by atoms with Gasteiger partial charge in [0, 0.05) is 20.9 Å². The van der Waals surface area contributed by atoms with Crippen LogP contribution in [0.2, 0.25) is 5.02 Å². The molecule has 0 heterocycles. The smallest absolute Gasteiger partial charge is 0.243 e. The number of benzene rings is 2. The molecule has 2 aromatic carbocycles. The van der Waals surface area contributed by atoms with Crippen molar-refractivity contribution in [2.75, 3.05) is 17.2 Å². The zero-order valence-electron chi connectivity index (χ0n) is 11.8. The third kappa shape index (κ3) is 4.22. The molecule has 0 aliphatic carbocycles. The molecule has 2 N–H and O–H groups in total. The van der Waals surface area contributed by atoms with Crippen LogP contribution < -0.4 is 10.6 Å². The summed E-state index contributed by atoms with van der Waals surface area (Å²) in [4.78, 5) is 12.0. The lowest BCUT2D eigenvalue weighted by Crippen LogP contribution is -2.22. The van der Waals surface area contributed by atoms with Crippen LogP contribution in [0.4, 0.5) is 11.4 Å². The molecule has 21 heavy (non-hydrogen) atoms. The first-order valence-corrected chi connectivity index (χ1v) is 7.69. The summed E-state index contributed by atoms with van der Waals surface area (Å²) in [5.41, 5.74) is 3.72. The van der Waals surface area contributed by atoms with Gasteiger partial charge in [0.15, 0.2) is 0 Å². The average molecular weight is 368 g/mol. The van der Waals surface area contributed by atoms with E-state index in [4.69, 9.17) is 11.6 Å². The number of halogens is 2. The molecule has 0 radical (unpaired) electrons. The van der Waals surface area contributed by atoms with Gasteiger partial charge in [-0.1, -0.05) is 29.8 Å². The van der Waals surface area contributed by atoms with Crippen LogP contribution in [0.5, 0.6) is 0 Å². The number of amides is 1. The van der Waals surface area contributed by atoms with Crippen molar-refractivity contribution in [1.29, 1.82) is 0 Å². The van der Waals surface area contributed by atoms with Gasteiger partial charge in [0.05, 0.1) is 6.54 Å². The molecular weight excluding hydrogens is 352 g/mol. The number of carbonyl (C=O) groups excluding carboxylic acids is 1. The maximum absolute atomic E-state index is 12.0. The number of hydrogen-bond acceptors (Lipinski definition) is 2. The summed E-state index contributed by atoms with van der Waals surface area (Å²) in [6.45, 7) is 4.12. The molecule has 0 aliphatic heterocycles. The molecular formula is C16H16BrClN2O. The van der Waals surface area contributed by atoms with E-state index in [9.17, 15) is 4.79 Å². The lowest BCUT2D eigenvalue weighted by atomic mass is 10.2. The van der Waals surface area contributed by atoms with E-state index in [1.54, 1.807) is 12.1 Å². The van der Waals surface area contributed by atoms with Gasteiger partial charge in [-0.05, 0) is 59.1 Å². The molecule has 0 spiro atoms. The van der Waals surface area contributed by atoms with Gasteiger partial charge in [-0.2, -0.15) is 0 Å². The Labute approximate surface area is 137 Å². The summed E-state index contributed by atoms with van der Waals surface area (Å²) in [6.07, 6.45) is 0. The van der Waals surface area contributed by atoms with Crippen molar-refractivity contribution in [3.05, 3.63) is 57.0 Å². The first kappa shape index (κ1) is 15.9. The summed E-state index contributed by atoms with van der Waals surface area (Å²) in [5, 5.41) is 6.57. The zero-order chi connectivity index (χ0) is 15.4. The van der Waals surface area contributed by atoms with E-state index >= 15 is 0 Å². The number of carbonyl (C=O) groups is 1. The minimum absolute atomic E-state index is 0.117. The van der Waals surface area contributed by atoms with Crippen molar-refractivity contribution in [1.82, 2.24) is 0 Å². The Bertz CT molecular complexity index is 673. The van der Waals surface area contributed by atoms with Gasteiger partial charge in [-0.15, -0.1) is 0 Å². The van der Waals surface area contributed by atoms with Gasteiger partial charge < -0.3 is 10.6 Å². The van der Waals surface area contributed by atoms with Crippen LogP contribution in [-0.2, 0) is 4.79 Å². The minimum atomic E-state index is -0.117. The van der Waals surface area contributed by atoms with Crippen molar-refractivity contribution in [2.24, 2.45) is 0 Å². The molecule has 0 bridgehead atoms. The number of aryl methyl sites for hydroxylation is 2. The van der Waals surface area contributed by atoms with Crippen LogP contribution in [-0.4, -0.2) is 12.5 Å². The summed E-state index contributed by atoms with van der Waals surface area (Å²) in [6, 6.07) is 11.3. The van der Waals surface area contributed by atoms with Crippen molar-refractivity contribution in [3.8, 4) is 0 Å². The fourth-order valence-corrected chi connectivity index (χ4v) is 2.46. The third-order valence-corrected chi connectivity index (χ3v) is 4.39. The zero-order valence-corrected chi connectivity index (χ0v) is 14.2. The molecule has 2 rings (SSSR count). The maximum atomic E-state index is 12.0. The minimum Gasteiger partial charge on any atom is -0.375 e. The normalized spacial score (nSPS) is 10.3. The highest BCUT2D eigenvalue weighted by molar-refractivity contribution is 9.10. The quantitative estimate of drug-likeness (QED) is 0.817. The largest absolute Gasteiger partial charge is 0.375 e. The van der Waals surface area contributed by atoms with E-state index < -0.39 is 0 Å². The Morgan fingerprint density at radius 1 is 1.14 bits per heavy atom. The van der Waals surface area contributed by atoms with Gasteiger partial charge >= 0.3 is 0 Å². The van der Waals surface area contributed by atoms with Crippen LogP contribution in [0.15, 0.2) is 40.9 Å². The van der Waals surface area contributed by atoms with Crippen LogP contribution >= 0.6 is 27.5 Å². The van der Waals surface area contributed by atoms with Gasteiger partial charge in [-0.25, -0.2) is 0 Å². The van der Waals surface area contributed by atoms with E-state index in [0.717, 1.165) is 27.0 Å². The number of anilines is 2. The van der Waals surface area contributed by atoms with E-state index in [1.165, 1.54) is 0 Å². The van der Waals surface area contributed by atoms with E-state index in [2.05, 4.69) is 26.6 Å². The maximum Gasteiger partial charge on any atom is 0.243 e. The number of hydrogen-bond donors (Lipinski definition) is 2. The number of nitrogens with one attached hydrogen (secondary N) is 2. The van der Waals surface area contributed by atoms with Crippen LogP contribution in [0, 0.1) is 13.8 Å². The lowest BCUT2D eigenvalue weighted by Gasteiger charge is -2.12. The van der Waals surface area contributed by atoms with E-state index in [1.807, 2.05) is 38.1 Å². The second kappa shape index (κ2) is 6.96. The molecule has 3 nitrogen and oxygen atoms in total. The topological polar surface area (TPSA) is 41.1 Å². The standard InChI is InChI=1S/C16H16BrClN2O/c1-10-6-7-12(18)8-14(10)20-15(21)9-19-13-5-3-4-11(2)16(13)17/h3-8,19H,9H2,1-2H3,(H,20,21). The SMILES string of the molecule is Cc1ccc(Cl)cc1NC(=O)CNc1cccc(C)c1Br. The Balaban J connectivity index is 1.99. The fraction of sp³-hybridized carbons (Fsp3) is 0.188. The van der Waals surface area contributed by atoms with Crippen molar-refractivity contribution in [3.63, 3.8) is 0 Å². The highest BCUT2D eigenvalue weighted by Gasteiger charge is 2.07. The molecule has 110 valence electrons. The molecule has 0 unspecified atom stereocenters. The van der Waals surface area contributed by atoms with Gasteiger partial charge in [0.1, 0.15) is 0 Å². The lowest BCUT2D eigenvalue weighted by molar-refractivity contribution is -0.114. The van der Waals surface area contributed by atoms with Crippen LogP contribution in [0.3, 0.4) is 0 Å². The Morgan fingerprint density at radius 3 is 2.67 bits per heavy atom. The second-order valence-electron chi connectivity index (χ2n) is 4.80. The third-order valence-electron chi connectivity index (χ3n) is 3.10. The summed E-state index contributed by atoms with van der Waals surface area (Å²) >= 11 is 9.44. The highest BCUT2D eigenvalue weighted by atomic mass is 79.9. The Kier molecular flexibility index (Phi) is 5.26. The summed E-state index contributed by atoms with van der Waals surface area (Å²) in [7, 11) is 0. The second-order valence-corrected chi connectivity index (χ2v) is 6.03. The summed E-state index contributed by atoms with van der Waals surface area (Å²) < 4.78 is 0.969. The van der Waals surface area contributed by atoms with Gasteiger partial charge in [-0.3, -0.25) is 4.79 Å². The predicted octanol–water partition coefficient (Wildman–Crippen LogP) is 4.77. The van der Waals surface area contributed by atoms with Crippen molar-refractivity contribution in [2.45, 2.75) is 13.8 Å². The monoisotopic (exact) mass is 366 g/mol. The first-order valence-electron chi connectivity index (χ1n) is 6.52. The Morgan fingerprint density at radius 2 is 1.90 bits per heavy atom. The molecule has 0 atom stereocenters. The number of rotatable bonds is 4. The van der Waals surface area contributed by atoms with Gasteiger partial charge in [0.2, 0.25) is 5.91 Å². The van der Waals surface area contributed by atoms with Crippen molar-refractivity contribution >= 4 is 44.8 Å². The van der Waals surface area contributed by atoms with Gasteiger partial charge in [0.25, 0.3) is 0 Å². The van der Waals surface area contributed by atoms with Crippen LogP contribution in [0.25, 0.3) is 0 Å². The predicted molar refractivity (Wildman–Crippen MR) is 92.2 cm³/mol. The average Bonchev–Trinajstić information content (AvgIpc) is 2.44. The van der Waals surface area contributed by atoms with Crippen molar-refractivity contribution < 1.29 is 4.79 Å². The molecule has 0 saturated carbocycles. The Hall–Kier alpha value is -1.52. The highest BCUT2D eigenvalue weighted by Crippen LogP contribution is 2.25. The molecule has 0 aliphatic rings. The van der Waals surface area contributed by atoms with Crippen LogP contribution in [0.1, 0.15) is 11.1 Å². The molecule has 5 heteroatoms.